The van der Waals surface area contributed by atoms with Crippen LogP contribution in [0.3, 0.4) is 0 Å². The predicted molar refractivity (Wildman–Crippen MR) is 85.8 cm³/mol. The van der Waals surface area contributed by atoms with Crippen molar-refractivity contribution in [1.29, 1.82) is 0 Å². The van der Waals surface area contributed by atoms with Crippen LogP contribution in [0.1, 0.15) is 25.3 Å². The Morgan fingerprint density at radius 2 is 1.94 bits per heavy atom. The highest BCUT2D eigenvalue weighted by Gasteiger charge is 2.10. The van der Waals surface area contributed by atoms with E-state index in [1.807, 2.05) is 6.07 Å². The molecule has 0 radical (unpaired) electrons. The van der Waals surface area contributed by atoms with Gasteiger partial charge in [0.25, 0.3) is 0 Å². The average Bonchev–Trinajstić information content (AvgIpc) is 2.29. The number of aromatic nitrogens is 1. The number of nitrogens with zero attached hydrogens (tertiary/aromatic N) is 1. The van der Waals surface area contributed by atoms with Gasteiger partial charge in [-0.15, -0.1) is 0 Å². The number of unbranched alkanes of at least 4 members (excludes halogenated alkanes) is 1. The summed E-state index contributed by atoms with van der Waals surface area (Å²) in [4.78, 5) is 4.67. The van der Waals surface area contributed by atoms with Crippen LogP contribution >= 0.6 is 45.2 Å². The van der Waals surface area contributed by atoms with E-state index in [1.165, 1.54) is 27.4 Å². The molecule has 84 valence electrons. The van der Waals surface area contributed by atoms with Crippen LogP contribution in [-0.2, 0) is 6.42 Å². The zero-order chi connectivity index (χ0) is 11.5. The Labute approximate surface area is 123 Å². The number of rotatable bonds is 3. The van der Waals surface area contributed by atoms with Gasteiger partial charge in [-0.3, -0.25) is 0 Å². The molecule has 0 unspecified atom stereocenters. The van der Waals surface area contributed by atoms with Crippen LogP contribution in [0.2, 0.25) is 0 Å². The molecular formula is C13H13I2N. The van der Waals surface area contributed by atoms with Gasteiger partial charge in [0.1, 0.15) is 3.70 Å². The maximum absolute atomic E-state index is 4.67. The Bertz CT molecular complexity index is 509. The molecule has 0 aliphatic rings. The van der Waals surface area contributed by atoms with Gasteiger partial charge in [-0.1, -0.05) is 31.5 Å². The first-order valence-electron chi connectivity index (χ1n) is 5.46. The summed E-state index contributed by atoms with van der Waals surface area (Å²) in [7, 11) is 0. The molecule has 0 amide bonds. The highest BCUT2D eigenvalue weighted by Crippen LogP contribution is 2.27. The standard InChI is InChI=1S/C13H13I2N/c1-2-3-6-10-12(14)9-7-4-5-8-11(9)16-13(10)15/h4-5,7-8H,2-3,6H2,1H3. The summed E-state index contributed by atoms with van der Waals surface area (Å²) in [5.74, 6) is 0. The predicted octanol–water partition coefficient (Wildman–Crippen LogP) is 4.79. The van der Waals surface area contributed by atoms with Crippen molar-refractivity contribution in [3.63, 3.8) is 0 Å². The fourth-order valence-corrected chi connectivity index (χ4v) is 4.05. The van der Waals surface area contributed by atoms with Crippen LogP contribution < -0.4 is 0 Å². The van der Waals surface area contributed by atoms with E-state index in [2.05, 4.69) is 75.3 Å². The summed E-state index contributed by atoms with van der Waals surface area (Å²) < 4.78 is 2.54. The van der Waals surface area contributed by atoms with Gasteiger partial charge in [0, 0.05) is 8.96 Å². The van der Waals surface area contributed by atoms with E-state index in [9.17, 15) is 0 Å². The highest BCUT2D eigenvalue weighted by molar-refractivity contribution is 14.1. The van der Waals surface area contributed by atoms with Gasteiger partial charge in [-0.2, -0.15) is 0 Å². The van der Waals surface area contributed by atoms with E-state index in [4.69, 9.17) is 0 Å². The Kier molecular flexibility index (Phi) is 4.41. The first-order chi connectivity index (χ1) is 7.74. The largest absolute Gasteiger partial charge is 0.241 e. The fraction of sp³-hybridized carbons (Fsp3) is 0.308. The zero-order valence-electron chi connectivity index (χ0n) is 9.13. The van der Waals surface area contributed by atoms with Gasteiger partial charge < -0.3 is 0 Å². The van der Waals surface area contributed by atoms with Gasteiger partial charge in [-0.05, 0) is 69.7 Å². The van der Waals surface area contributed by atoms with Crippen LogP contribution in [-0.4, -0.2) is 4.98 Å². The monoisotopic (exact) mass is 437 g/mol. The Hall–Kier alpha value is 0.0900. The number of hydrogen-bond donors (Lipinski definition) is 0. The first-order valence-corrected chi connectivity index (χ1v) is 7.62. The van der Waals surface area contributed by atoms with E-state index >= 15 is 0 Å². The first kappa shape index (κ1) is 12.5. The van der Waals surface area contributed by atoms with Gasteiger partial charge in [0.05, 0.1) is 5.52 Å². The Morgan fingerprint density at radius 3 is 2.69 bits per heavy atom. The summed E-state index contributed by atoms with van der Waals surface area (Å²) in [6, 6.07) is 8.38. The number of pyridine rings is 1. The molecule has 0 aliphatic heterocycles. The molecule has 0 atom stereocenters. The van der Waals surface area contributed by atoms with Crippen molar-refractivity contribution >= 4 is 56.1 Å². The van der Waals surface area contributed by atoms with Crippen molar-refractivity contribution < 1.29 is 0 Å². The van der Waals surface area contributed by atoms with Gasteiger partial charge in [-0.25, -0.2) is 4.98 Å². The number of benzene rings is 1. The SMILES string of the molecule is CCCCc1c(I)nc2ccccc2c1I. The van der Waals surface area contributed by atoms with Crippen molar-refractivity contribution in [3.05, 3.63) is 37.1 Å². The molecule has 2 rings (SSSR count). The normalized spacial score (nSPS) is 10.9. The third kappa shape index (κ3) is 2.50. The van der Waals surface area contributed by atoms with E-state index in [0.29, 0.717) is 0 Å². The van der Waals surface area contributed by atoms with Crippen molar-refractivity contribution in [2.24, 2.45) is 0 Å². The summed E-state index contributed by atoms with van der Waals surface area (Å²) in [5, 5.41) is 1.29. The molecule has 1 heterocycles. The fourth-order valence-electron chi connectivity index (χ4n) is 1.75. The number of fused-ring (bicyclic) bond motifs is 1. The van der Waals surface area contributed by atoms with Crippen molar-refractivity contribution in [2.45, 2.75) is 26.2 Å². The quantitative estimate of drug-likeness (QED) is 0.498. The summed E-state index contributed by atoms with van der Waals surface area (Å²) >= 11 is 4.82. The topological polar surface area (TPSA) is 12.9 Å². The van der Waals surface area contributed by atoms with Crippen LogP contribution in [0.25, 0.3) is 10.9 Å². The molecule has 0 fully saturated rings. The average molecular weight is 437 g/mol. The number of hydrogen-bond acceptors (Lipinski definition) is 1. The molecule has 1 nitrogen and oxygen atoms in total. The maximum Gasteiger partial charge on any atom is 0.106 e. The second kappa shape index (κ2) is 5.62. The van der Waals surface area contributed by atoms with Crippen LogP contribution in [0, 0.1) is 7.27 Å². The van der Waals surface area contributed by atoms with Crippen LogP contribution in [0.5, 0.6) is 0 Å². The maximum atomic E-state index is 4.67. The lowest BCUT2D eigenvalue weighted by atomic mass is 10.1. The molecule has 0 aliphatic carbocycles. The molecule has 3 heteroatoms. The van der Waals surface area contributed by atoms with E-state index in [0.717, 1.165) is 15.6 Å². The summed E-state index contributed by atoms with van der Waals surface area (Å²) in [5.41, 5.74) is 2.53. The lowest BCUT2D eigenvalue weighted by molar-refractivity contribution is 0.787. The summed E-state index contributed by atoms with van der Waals surface area (Å²) in [6.45, 7) is 2.23. The molecule has 0 bridgehead atoms. The molecule has 0 N–H and O–H groups in total. The minimum absolute atomic E-state index is 1.11. The third-order valence-electron chi connectivity index (χ3n) is 2.65. The van der Waals surface area contributed by atoms with E-state index < -0.39 is 0 Å². The van der Waals surface area contributed by atoms with Gasteiger partial charge in [0.2, 0.25) is 0 Å². The lowest BCUT2D eigenvalue weighted by Crippen LogP contribution is -1.98. The Balaban J connectivity index is 2.56. The zero-order valence-corrected chi connectivity index (χ0v) is 13.4. The summed E-state index contributed by atoms with van der Waals surface area (Å²) in [6.07, 6.45) is 3.62. The molecule has 0 spiro atoms. The smallest absolute Gasteiger partial charge is 0.106 e. The molecule has 0 saturated carbocycles. The number of halogens is 2. The lowest BCUT2D eigenvalue weighted by Gasteiger charge is -2.09. The van der Waals surface area contributed by atoms with E-state index in [1.54, 1.807) is 0 Å². The Morgan fingerprint density at radius 1 is 1.19 bits per heavy atom. The molecule has 2 aromatic rings. The van der Waals surface area contributed by atoms with Crippen LogP contribution in [0.4, 0.5) is 0 Å². The molecular weight excluding hydrogens is 424 g/mol. The minimum atomic E-state index is 1.11. The van der Waals surface area contributed by atoms with Crippen LogP contribution in [0.15, 0.2) is 24.3 Å². The molecule has 1 aromatic heterocycles. The molecule has 16 heavy (non-hydrogen) atoms. The second-order valence-electron chi connectivity index (χ2n) is 3.82. The number of para-hydroxylation sites is 1. The van der Waals surface area contributed by atoms with Crippen molar-refractivity contribution in [1.82, 2.24) is 4.98 Å². The van der Waals surface area contributed by atoms with Crippen molar-refractivity contribution in [3.8, 4) is 0 Å². The second-order valence-corrected chi connectivity index (χ2v) is 5.92. The minimum Gasteiger partial charge on any atom is -0.241 e. The van der Waals surface area contributed by atoms with Crippen molar-refractivity contribution in [2.75, 3.05) is 0 Å². The van der Waals surface area contributed by atoms with Gasteiger partial charge in [0.15, 0.2) is 0 Å². The van der Waals surface area contributed by atoms with E-state index in [-0.39, 0.29) is 0 Å². The van der Waals surface area contributed by atoms with Gasteiger partial charge >= 0.3 is 0 Å². The molecule has 1 aromatic carbocycles. The highest BCUT2D eigenvalue weighted by atomic mass is 127. The third-order valence-corrected chi connectivity index (χ3v) is 4.78. The molecule has 0 saturated heterocycles.